The number of carbonyl (C=O) groups excluding carboxylic acids is 2. The zero-order chi connectivity index (χ0) is 20.9. The molecule has 0 saturated carbocycles. The Kier molecular flexibility index (Phi) is 5.34. The van der Waals surface area contributed by atoms with E-state index in [0.29, 0.717) is 28.2 Å². The van der Waals surface area contributed by atoms with Crippen LogP contribution in [-0.2, 0) is 0 Å². The van der Waals surface area contributed by atoms with Gasteiger partial charge in [-0.25, -0.2) is 0 Å². The van der Waals surface area contributed by atoms with Gasteiger partial charge in [0.2, 0.25) is 0 Å². The number of hydrogen-bond donors (Lipinski definition) is 2. The highest BCUT2D eigenvalue weighted by Crippen LogP contribution is 2.24. The molecule has 4 aromatic rings. The van der Waals surface area contributed by atoms with E-state index in [4.69, 9.17) is 4.74 Å². The molecule has 0 bridgehead atoms. The highest BCUT2D eigenvalue weighted by atomic mass is 16.5. The minimum Gasteiger partial charge on any atom is -0.495 e. The van der Waals surface area contributed by atoms with Gasteiger partial charge in [-0.1, -0.05) is 30.3 Å². The second kappa shape index (κ2) is 8.40. The SMILES string of the molecule is COc1ccccc1NC(=O)c1ccnc(C(=O)Nc2cccc3cccnc23)c1. The Balaban J connectivity index is 1.55. The summed E-state index contributed by atoms with van der Waals surface area (Å²) in [5.74, 6) is -0.260. The molecule has 0 atom stereocenters. The molecule has 0 spiro atoms. The fraction of sp³-hybridized carbons (Fsp3) is 0.0435. The fourth-order valence-electron chi connectivity index (χ4n) is 3.03. The monoisotopic (exact) mass is 398 g/mol. The van der Waals surface area contributed by atoms with Gasteiger partial charge in [0.1, 0.15) is 11.4 Å². The van der Waals surface area contributed by atoms with E-state index in [0.717, 1.165) is 5.39 Å². The number of pyridine rings is 2. The smallest absolute Gasteiger partial charge is 0.274 e. The van der Waals surface area contributed by atoms with Crippen LogP contribution >= 0.6 is 0 Å². The van der Waals surface area contributed by atoms with Crippen molar-refractivity contribution in [3.8, 4) is 5.75 Å². The number of fused-ring (bicyclic) bond motifs is 1. The fourth-order valence-corrected chi connectivity index (χ4v) is 3.03. The molecule has 0 aliphatic carbocycles. The molecule has 0 aliphatic heterocycles. The van der Waals surface area contributed by atoms with Crippen molar-refractivity contribution in [2.24, 2.45) is 0 Å². The molecule has 2 aromatic heterocycles. The van der Waals surface area contributed by atoms with Gasteiger partial charge >= 0.3 is 0 Å². The third-order valence-corrected chi connectivity index (χ3v) is 4.49. The number of nitrogens with zero attached hydrogens (tertiary/aromatic N) is 2. The van der Waals surface area contributed by atoms with Crippen LogP contribution in [0.25, 0.3) is 10.9 Å². The number of methoxy groups -OCH3 is 1. The summed E-state index contributed by atoms with van der Waals surface area (Å²) in [4.78, 5) is 33.8. The van der Waals surface area contributed by atoms with Gasteiger partial charge in [-0.3, -0.25) is 19.6 Å². The highest BCUT2D eigenvalue weighted by Gasteiger charge is 2.15. The summed E-state index contributed by atoms with van der Waals surface area (Å²) in [6, 6.07) is 19.3. The van der Waals surface area contributed by atoms with Crippen molar-refractivity contribution in [2.45, 2.75) is 0 Å². The van der Waals surface area contributed by atoms with E-state index in [1.165, 1.54) is 19.4 Å². The van der Waals surface area contributed by atoms with Crippen molar-refractivity contribution in [3.63, 3.8) is 0 Å². The molecule has 2 amide bonds. The van der Waals surface area contributed by atoms with Crippen molar-refractivity contribution in [1.82, 2.24) is 9.97 Å². The number of carbonyl (C=O) groups is 2. The standard InChI is InChI=1S/C23H18N4O3/c1-30-20-10-3-2-8-17(20)26-22(28)16-11-13-24-19(14-16)23(29)27-18-9-4-6-15-7-5-12-25-21(15)18/h2-14H,1H3,(H,26,28)(H,27,29). The summed E-state index contributed by atoms with van der Waals surface area (Å²) in [5, 5.41) is 6.51. The number of aromatic nitrogens is 2. The Morgan fingerprint density at radius 2 is 1.57 bits per heavy atom. The molecule has 0 radical (unpaired) electrons. The molecule has 0 unspecified atom stereocenters. The van der Waals surface area contributed by atoms with E-state index >= 15 is 0 Å². The van der Waals surface area contributed by atoms with Crippen molar-refractivity contribution in [2.75, 3.05) is 17.7 Å². The van der Waals surface area contributed by atoms with Crippen LogP contribution in [0, 0.1) is 0 Å². The number of hydrogen-bond acceptors (Lipinski definition) is 5. The molecular formula is C23H18N4O3. The third kappa shape index (κ3) is 3.95. The number of benzene rings is 2. The molecule has 30 heavy (non-hydrogen) atoms. The lowest BCUT2D eigenvalue weighted by Crippen LogP contribution is -2.17. The van der Waals surface area contributed by atoms with Crippen LogP contribution in [0.5, 0.6) is 5.75 Å². The molecule has 4 rings (SSSR count). The van der Waals surface area contributed by atoms with Crippen LogP contribution < -0.4 is 15.4 Å². The zero-order valence-corrected chi connectivity index (χ0v) is 16.1. The van der Waals surface area contributed by atoms with Crippen molar-refractivity contribution >= 4 is 34.1 Å². The summed E-state index contributed by atoms with van der Waals surface area (Å²) >= 11 is 0. The van der Waals surface area contributed by atoms with E-state index < -0.39 is 5.91 Å². The Bertz CT molecular complexity index is 1230. The highest BCUT2D eigenvalue weighted by molar-refractivity contribution is 6.10. The van der Waals surface area contributed by atoms with Crippen LogP contribution in [-0.4, -0.2) is 28.9 Å². The summed E-state index contributed by atoms with van der Waals surface area (Å²) in [6.45, 7) is 0. The Hall–Kier alpha value is -4.26. The maximum absolute atomic E-state index is 12.7. The predicted molar refractivity (Wildman–Crippen MR) is 115 cm³/mol. The minimum absolute atomic E-state index is 0.121. The van der Waals surface area contributed by atoms with Gasteiger partial charge < -0.3 is 15.4 Å². The van der Waals surface area contributed by atoms with E-state index in [9.17, 15) is 9.59 Å². The lowest BCUT2D eigenvalue weighted by Gasteiger charge is -2.11. The van der Waals surface area contributed by atoms with Crippen molar-refractivity contribution in [1.29, 1.82) is 0 Å². The zero-order valence-electron chi connectivity index (χ0n) is 16.1. The van der Waals surface area contributed by atoms with Gasteiger partial charge in [0.05, 0.1) is 24.0 Å². The molecular weight excluding hydrogens is 380 g/mol. The molecule has 0 aliphatic rings. The van der Waals surface area contributed by atoms with Gasteiger partial charge in [-0.05, 0) is 36.4 Å². The first-order chi connectivity index (χ1) is 14.7. The molecule has 0 saturated heterocycles. The Morgan fingerprint density at radius 3 is 2.43 bits per heavy atom. The van der Waals surface area contributed by atoms with Gasteiger partial charge in [0.25, 0.3) is 11.8 Å². The summed E-state index contributed by atoms with van der Waals surface area (Å²) in [5.41, 5.74) is 2.21. The number of nitrogens with one attached hydrogen (secondary N) is 2. The number of ether oxygens (including phenoxy) is 1. The third-order valence-electron chi connectivity index (χ3n) is 4.49. The first kappa shape index (κ1) is 19.1. The average molecular weight is 398 g/mol. The number of para-hydroxylation sites is 3. The molecule has 2 N–H and O–H groups in total. The molecule has 2 heterocycles. The van der Waals surface area contributed by atoms with Crippen molar-refractivity contribution in [3.05, 3.63) is 90.4 Å². The van der Waals surface area contributed by atoms with Gasteiger partial charge in [-0.15, -0.1) is 0 Å². The first-order valence-electron chi connectivity index (χ1n) is 9.21. The topological polar surface area (TPSA) is 93.2 Å². The predicted octanol–water partition coefficient (Wildman–Crippen LogP) is 4.14. The Labute approximate surface area is 172 Å². The van der Waals surface area contributed by atoms with Gasteiger partial charge in [-0.2, -0.15) is 0 Å². The summed E-state index contributed by atoms with van der Waals surface area (Å²) < 4.78 is 5.25. The van der Waals surface area contributed by atoms with Crippen LogP contribution in [0.3, 0.4) is 0 Å². The lowest BCUT2D eigenvalue weighted by molar-refractivity contribution is 0.102. The normalized spacial score (nSPS) is 10.4. The second-order valence-electron chi connectivity index (χ2n) is 6.42. The van der Waals surface area contributed by atoms with Gasteiger partial charge in [0, 0.05) is 23.3 Å². The van der Waals surface area contributed by atoms with Crippen LogP contribution in [0.4, 0.5) is 11.4 Å². The van der Waals surface area contributed by atoms with Crippen LogP contribution in [0.2, 0.25) is 0 Å². The van der Waals surface area contributed by atoms with E-state index in [2.05, 4.69) is 20.6 Å². The molecule has 148 valence electrons. The van der Waals surface area contributed by atoms with Crippen LogP contribution in [0.1, 0.15) is 20.8 Å². The average Bonchev–Trinajstić information content (AvgIpc) is 2.79. The minimum atomic E-state index is -0.430. The van der Waals surface area contributed by atoms with E-state index in [1.807, 2.05) is 30.3 Å². The van der Waals surface area contributed by atoms with E-state index in [1.54, 1.807) is 36.5 Å². The summed E-state index contributed by atoms with van der Waals surface area (Å²) in [7, 11) is 1.53. The number of amides is 2. The molecule has 0 fully saturated rings. The molecule has 2 aromatic carbocycles. The maximum Gasteiger partial charge on any atom is 0.274 e. The largest absolute Gasteiger partial charge is 0.495 e. The van der Waals surface area contributed by atoms with Crippen LogP contribution in [0.15, 0.2) is 79.1 Å². The quantitative estimate of drug-likeness (QED) is 0.527. The molecule has 7 heteroatoms. The Morgan fingerprint density at radius 1 is 0.800 bits per heavy atom. The number of anilines is 2. The summed E-state index contributed by atoms with van der Waals surface area (Å²) in [6.07, 6.45) is 3.09. The first-order valence-corrected chi connectivity index (χ1v) is 9.21. The van der Waals surface area contributed by atoms with Gasteiger partial charge in [0.15, 0.2) is 0 Å². The second-order valence-corrected chi connectivity index (χ2v) is 6.42. The van der Waals surface area contributed by atoms with Crippen molar-refractivity contribution < 1.29 is 14.3 Å². The maximum atomic E-state index is 12.7. The lowest BCUT2D eigenvalue weighted by atomic mass is 10.1. The molecule has 7 nitrogen and oxygen atoms in total. The number of rotatable bonds is 5. The van der Waals surface area contributed by atoms with E-state index in [-0.39, 0.29) is 11.6 Å².